The summed E-state index contributed by atoms with van der Waals surface area (Å²) in [7, 11) is 0. The van der Waals surface area contributed by atoms with Crippen molar-refractivity contribution in [3.63, 3.8) is 0 Å². The van der Waals surface area contributed by atoms with Crippen LogP contribution in [0.1, 0.15) is 12.5 Å². The minimum absolute atomic E-state index is 0.0218. The second-order valence-corrected chi connectivity index (χ2v) is 5.70. The van der Waals surface area contributed by atoms with Gasteiger partial charge in [0.05, 0.1) is 11.5 Å². The first-order valence-electron chi connectivity index (χ1n) is 4.99. The lowest BCUT2D eigenvalue weighted by Crippen LogP contribution is -2.23. The maximum atomic E-state index is 11.2. The summed E-state index contributed by atoms with van der Waals surface area (Å²) in [5, 5.41) is 11.0. The molecule has 0 radical (unpaired) electrons. The Bertz CT molecular complexity index is 501. The molecule has 1 atom stereocenters. The Kier molecular flexibility index (Phi) is 3.96. The van der Waals surface area contributed by atoms with E-state index >= 15 is 0 Å². The van der Waals surface area contributed by atoms with Crippen molar-refractivity contribution in [3.05, 3.63) is 34.3 Å². The first-order valence-corrected chi connectivity index (χ1v) is 6.66. The van der Waals surface area contributed by atoms with Crippen LogP contribution in [0.5, 0.6) is 0 Å². The molecule has 1 aromatic carbocycles. The standard InChI is InChI=1S/C11H10BrN3OS/c1-7-10(16)14-11(17-7)15-13-6-8-3-2-4-9(12)5-8/h2-7H,1H3,(H,14,15,16)/t7-/m0/s1. The van der Waals surface area contributed by atoms with Crippen LogP contribution in [-0.4, -0.2) is 22.5 Å². The molecule has 1 aliphatic heterocycles. The second-order valence-electron chi connectivity index (χ2n) is 3.45. The van der Waals surface area contributed by atoms with Crippen molar-refractivity contribution in [1.29, 1.82) is 0 Å². The molecule has 1 saturated heterocycles. The molecule has 0 aliphatic carbocycles. The number of carbonyl (C=O) groups is 1. The summed E-state index contributed by atoms with van der Waals surface area (Å²) < 4.78 is 0.992. The van der Waals surface area contributed by atoms with E-state index in [0.29, 0.717) is 5.17 Å². The van der Waals surface area contributed by atoms with Gasteiger partial charge in [0.1, 0.15) is 0 Å². The summed E-state index contributed by atoms with van der Waals surface area (Å²) in [6, 6.07) is 7.73. The van der Waals surface area contributed by atoms with E-state index in [0.717, 1.165) is 10.0 Å². The monoisotopic (exact) mass is 311 g/mol. The third-order valence-corrected chi connectivity index (χ3v) is 3.56. The van der Waals surface area contributed by atoms with E-state index in [-0.39, 0.29) is 11.2 Å². The Hall–Kier alpha value is -1.14. The zero-order valence-corrected chi connectivity index (χ0v) is 11.5. The number of nitrogens with one attached hydrogen (secondary N) is 1. The van der Waals surface area contributed by atoms with Gasteiger partial charge in [-0.3, -0.25) is 4.79 Å². The molecule has 0 unspecified atom stereocenters. The molecule has 2 rings (SSSR count). The molecule has 1 fully saturated rings. The van der Waals surface area contributed by atoms with Gasteiger partial charge in [0.25, 0.3) is 0 Å². The Balaban J connectivity index is 2.03. The zero-order chi connectivity index (χ0) is 12.3. The van der Waals surface area contributed by atoms with Crippen LogP contribution in [0.4, 0.5) is 0 Å². The summed E-state index contributed by atoms with van der Waals surface area (Å²) in [5.41, 5.74) is 0.950. The number of halogens is 1. The molecule has 0 aromatic heterocycles. The van der Waals surface area contributed by atoms with Gasteiger partial charge in [0, 0.05) is 4.47 Å². The number of benzene rings is 1. The van der Waals surface area contributed by atoms with E-state index in [1.54, 1.807) is 6.21 Å². The average Bonchev–Trinajstić information content (AvgIpc) is 2.58. The number of carbonyl (C=O) groups excluding carboxylic acids is 1. The minimum atomic E-state index is -0.0881. The summed E-state index contributed by atoms with van der Waals surface area (Å²) in [6.45, 7) is 1.83. The highest BCUT2D eigenvalue weighted by Crippen LogP contribution is 2.18. The molecule has 1 N–H and O–H groups in total. The Morgan fingerprint density at radius 2 is 2.35 bits per heavy atom. The van der Waals surface area contributed by atoms with Gasteiger partial charge in [0.2, 0.25) is 5.91 Å². The third kappa shape index (κ3) is 3.41. The third-order valence-electron chi connectivity index (χ3n) is 2.09. The van der Waals surface area contributed by atoms with Gasteiger partial charge in [-0.25, -0.2) is 0 Å². The predicted molar refractivity (Wildman–Crippen MR) is 74.4 cm³/mol. The van der Waals surface area contributed by atoms with Gasteiger partial charge in [-0.05, 0) is 24.6 Å². The largest absolute Gasteiger partial charge is 0.303 e. The molecule has 6 heteroatoms. The lowest BCUT2D eigenvalue weighted by molar-refractivity contribution is -0.118. The van der Waals surface area contributed by atoms with Gasteiger partial charge in [0.15, 0.2) is 5.17 Å². The topological polar surface area (TPSA) is 53.8 Å². The number of hydrogen-bond donors (Lipinski definition) is 1. The van der Waals surface area contributed by atoms with E-state index in [9.17, 15) is 4.79 Å². The highest BCUT2D eigenvalue weighted by Gasteiger charge is 2.25. The van der Waals surface area contributed by atoms with Crippen LogP contribution in [0.15, 0.2) is 38.9 Å². The highest BCUT2D eigenvalue weighted by molar-refractivity contribution is 9.10. The molecule has 1 amide bonds. The smallest absolute Gasteiger partial charge is 0.239 e. The number of thioether (sulfide) groups is 1. The van der Waals surface area contributed by atoms with Gasteiger partial charge >= 0.3 is 0 Å². The summed E-state index contributed by atoms with van der Waals surface area (Å²) in [4.78, 5) is 11.2. The molecule has 1 heterocycles. The second kappa shape index (κ2) is 5.46. The van der Waals surface area contributed by atoms with Crippen LogP contribution in [0.25, 0.3) is 0 Å². The highest BCUT2D eigenvalue weighted by atomic mass is 79.9. The van der Waals surface area contributed by atoms with E-state index in [1.165, 1.54) is 11.8 Å². The van der Waals surface area contributed by atoms with Crippen LogP contribution < -0.4 is 5.32 Å². The van der Waals surface area contributed by atoms with Crippen LogP contribution in [0, 0.1) is 0 Å². The zero-order valence-electron chi connectivity index (χ0n) is 9.05. The number of amidine groups is 1. The molecule has 0 spiro atoms. The fourth-order valence-electron chi connectivity index (χ4n) is 1.24. The quantitative estimate of drug-likeness (QED) is 0.673. The fourth-order valence-corrected chi connectivity index (χ4v) is 2.41. The fraction of sp³-hybridized carbons (Fsp3) is 0.182. The summed E-state index contributed by atoms with van der Waals surface area (Å²) in [6.07, 6.45) is 1.65. The molecule has 1 aliphatic rings. The number of rotatable bonds is 2. The lowest BCUT2D eigenvalue weighted by Gasteiger charge is -1.92. The van der Waals surface area contributed by atoms with Gasteiger partial charge in [-0.15, -0.1) is 5.10 Å². The van der Waals surface area contributed by atoms with Crippen LogP contribution in [0.2, 0.25) is 0 Å². The Morgan fingerprint density at radius 1 is 1.53 bits per heavy atom. The molecule has 0 bridgehead atoms. The van der Waals surface area contributed by atoms with Crippen molar-refractivity contribution in [2.45, 2.75) is 12.2 Å². The van der Waals surface area contributed by atoms with E-state index in [4.69, 9.17) is 0 Å². The maximum absolute atomic E-state index is 11.2. The van der Waals surface area contributed by atoms with Crippen LogP contribution >= 0.6 is 27.7 Å². The molecule has 4 nitrogen and oxygen atoms in total. The van der Waals surface area contributed by atoms with Gasteiger partial charge < -0.3 is 5.32 Å². The molecule has 17 heavy (non-hydrogen) atoms. The Labute approximate surface area is 112 Å². The first kappa shape index (κ1) is 12.3. The van der Waals surface area contributed by atoms with E-state index in [2.05, 4.69) is 31.4 Å². The normalized spacial score (nSPS) is 22.4. The van der Waals surface area contributed by atoms with Crippen LogP contribution in [0.3, 0.4) is 0 Å². The maximum Gasteiger partial charge on any atom is 0.239 e. The van der Waals surface area contributed by atoms with Gasteiger partial charge in [-0.1, -0.05) is 39.8 Å². The molecular formula is C11H10BrN3OS. The minimum Gasteiger partial charge on any atom is -0.303 e. The SMILES string of the molecule is C[C@@H]1S/C(=N/N=Cc2cccc(Br)c2)NC1=O. The number of amides is 1. The molecule has 88 valence electrons. The van der Waals surface area contributed by atoms with Crippen molar-refractivity contribution in [2.75, 3.05) is 0 Å². The van der Waals surface area contributed by atoms with Crippen LogP contribution in [-0.2, 0) is 4.79 Å². The number of nitrogens with zero attached hydrogens (tertiary/aromatic N) is 2. The summed E-state index contributed by atoms with van der Waals surface area (Å²) in [5.74, 6) is -0.0218. The van der Waals surface area contributed by atoms with Crippen molar-refractivity contribution in [2.24, 2.45) is 10.2 Å². The van der Waals surface area contributed by atoms with E-state index in [1.807, 2.05) is 31.2 Å². The summed E-state index contributed by atoms with van der Waals surface area (Å²) >= 11 is 4.76. The molecular weight excluding hydrogens is 302 g/mol. The van der Waals surface area contributed by atoms with Gasteiger partial charge in [-0.2, -0.15) is 5.10 Å². The van der Waals surface area contributed by atoms with E-state index < -0.39 is 0 Å². The lowest BCUT2D eigenvalue weighted by atomic mass is 10.2. The Morgan fingerprint density at radius 3 is 3.00 bits per heavy atom. The first-order chi connectivity index (χ1) is 8.15. The molecule has 1 aromatic rings. The van der Waals surface area contributed by atoms with Crippen molar-refractivity contribution in [3.8, 4) is 0 Å². The van der Waals surface area contributed by atoms with Crippen molar-refractivity contribution < 1.29 is 4.79 Å². The van der Waals surface area contributed by atoms with Crippen molar-refractivity contribution >= 4 is 45.0 Å². The average molecular weight is 312 g/mol. The number of hydrogen-bond acceptors (Lipinski definition) is 4. The predicted octanol–water partition coefficient (Wildman–Crippen LogP) is 2.39. The molecule has 0 saturated carbocycles. The van der Waals surface area contributed by atoms with Crippen molar-refractivity contribution in [1.82, 2.24) is 5.32 Å².